The first-order valence-electron chi connectivity index (χ1n) is 8.45. The summed E-state index contributed by atoms with van der Waals surface area (Å²) in [4.78, 5) is 5.94. The molecular formula is C20H25NO2. The maximum atomic E-state index is 5.94. The second-order valence-electron chi connectivity index (χ2n) is 6.26. The van der Waals surface area contributed by atoms with Gasteiger partial charge in [0.2, 0.25) is 0 Å². The van der Waals surface area contributed by atoms with Gasteiger partial charge in [-0.25, -0.2) is 0 Å². The largest absolute Gasteiger partial charge is 0.491 e. The predicted octanol–water partition coefficient (Wildman–Crippen LogP) is 4.67. The van der Waals surface area contributed by atoms with Crippen molar-refractivity contribution in [2.75, 3.05) is 13.1 Å². The van der Waals surface area contributed by atoms with E-state index in [4.69, 9.17) is 9.57 Å². The van der Waals surface area contributed by atoms with E-state index in [-0.39, 0.29) is 6.10 Å². The van der Waals surface area contributed by atoms with Crippen LogP contribution in [0.3, 0.4) is 0 Å². The molecule has 3 nitrogen and oxygen atoms in total. The van der Waals surface area contributed by atoms with Gasteiger partial charge in [-0.1, -0.05) is 36.4 Å². The molecular weight excluding hydrogens is 286 g/mol. The van der Waals surface area contributed by atoms with Gasteiger partial charge in [-0.3, -0.25) is 4.84 Å². The number of benzene rings is 2. The van der Waals surface area contributed by atoms with E-state index in [1.807, 2.05) is 26.0 Å². The molecule has 122 valence electrons. The van der Waals surface area contributed by atoms with Gasteiger partial charge in [-0.05, 0) is 55.5 Å². The van der Waals surface area contributed by atoms with Crippen molar-refractivity contribution in [1.29, 1.82) is 0 Å². The van der Waals surface area contributed by atoms with E-state index >= 15 is 0 Å². The molecule has 3 rings (SSSR count). The molecule has 0 bridgehead atoms. The Labute approximate surface area is 138 Å². The van der Waals surface area contributed by atoms with Crippen LogP contribution in [0.4, 0.5) is 0 Å². The summed E-state index contributed by atoms with van der Waals surface area (Å²) in [6, 6.07) is 16.8. The Morgan fingerprint density at radius 3 is 2.35 bits per heavy atom. The number of hydroxylamine groups is 2. The van der Waals surface area contributed by atoms with Gasteiger partial charge in [0, 0.05) is 13.1 Å². The van der Waals surface area contributed by atoms with E-state index < -0.39 is 0 Å². The van der Waals surface area contributed by atoms with E-state index in [1.165, 1.54) is 29.5 Å². The van der Waals surface area contributed by atoms with Crippen molar-refractivity contribution in [2.45, 2.75) is 39.4 Å². The van der Waals surface area contributed by atoms with Crippen molar-refractivity contribution < 1.29 is 9.57 Å². The molecule has 0 unspecified atom stereocenters. The van der Waals surface area contributed by atoms with Crippen LogP contribution in [0.15, 0.2) is 48.5 Å². The molecule has 0 aliphatic carbocycles. The lowest BCUT2D eigenvalue weighted by atomic mass is 10.0. The summed E-state index contributed by atoms with van der Waals surface area (Å²) in [5.74, 6) is 0.912. The zero-order valence-corrected chi connectivity index (χ0v) is 14.0. The summed E-state index contributed by atoms with van der Waals surface area (Å²) in [6.07, 6.45) is 2.67. The molecule has 0 radical (unpaired) electrons. The van der Waals surface area contributed by atoms with Crippen LogP contribution in [-0.2, 0) is 11.4 Å². The molecule has 23 heavy (non-hydrogen) atoms. The average Bonchev–Trinajstić information content (AvgIpc) is 3.07. The smallest absolute Gasteiger partial charge is 0.119 e. The summed E-state index contributed by atoms with van der Waals surface area (Å²) in [5, 5.41) is 2.08. The second-order valence-corrected chi connectivity index (χ2v) is 6.26. The van der Waals surface area contributed by atoms with Crippen molar-refractivity contribution in [3.8, 4) is 16.9 Å². The van der Waals surface area contributed by atoms with Crippen molar-refractivity contribution >= 4 is 0 Å². The van der Waals surface area contributed by atoms with Crippen LogP contribution in [0.2, 0.25) is 0 Å². The highest BCUT2D eigenvalue weighted by molar-refractivity contribution is 5.67. The van der Waals surface area contributed by atoms with Gasteiger partial charge in [0.1, 0.15) is 5.75 Å². The highest BCUT2D eigenvalue weighted by Crippen LogP contribution is 2.27. The molecule has 1 fully saturated rings. The van der Waals surface area contributed by atoms with Crippen molar-refractivity contribution in [1.82, 2.24) is 5.06 Å². The quantitative estimate of drug-likeness (QED) is 0.774. The zero-order chi connectivity index (χ0) is 16.1. The fourth-order valence-electron chi connectivity index (χ4n) is 2.89. The number of hydrogen-bond acceptors (Lipinski definition) is 3. The summed E-state index contributed by atoms with van der Waals surface area (Å²) in [6.45, 7) is 6.80. The lowest BCUT2D eigenvalue weighted by molar-refractivity contribution is -0.153. The van der Waals surface area contributed by atoms with E-state index in [9.17, 15) is 0 Å². The highest BCUT2D eigenvalue weighted by Gasteiger charge is 2.13. The van der Waals surface area contributed by atoms with E-state index in [1.54, 1.807) is 0 Å². The number of nitrogens with zero attached hydrogens (tertiary/aromatic N) is 1. The molecule has 3 heteroatoms. The maximum absolute atomic E-state index is 5.94. The number of hydrogen-bond donors (Lipinski definition) is 0. The van der Waals surface area contributed by atoms with Crippen LogP contribution in [0.25, 0.3) is 11.1 Å². The molecule has 0 N–H and O–H groups in total. The van der Waals surface area contributed by atoms with Crippen LogP contribution >= 0.6 is 0 Å². The van der Waals surface area contributed by atoms with Gasteiger partial charge in [-0.2, -0.15) is 5.06 Å². The SMILES string of the molecule is CC(C)Oc1ccc(-c2ccccc2CON2CCCC2)cc1. The fourth-order valence-corrected chi connectivity index (χ4v) is 2.89. The third-order valence-corrected chi connectivity index (χ3v) is 4.02. The first kappa shape index (κ1) is 16.0. The molecule has 2 aromatic carbocycles. The van der Waals surface area contributed by atoms with Crippen molar-refractivity contribution in [2.24, 2.45) is 0 Å². The molecule has 1 aliphatic heterocycles. The minimum absolute atomic E-state index is 0.196. The van der Waals surface area contributed by atoms with Crippen LogP contribution in [0.1, 0.15) is 32.3 Å². The van der Waals surface area contributed by atoms with E-state index in [0.717, 1.165) is 18.8 Å². The lowest BCUT2D eigenvalue weighted by Crippen LogP contribution is -2.19. The molecule has 0 atom stereocenters. The van der Waals surface area contributed by atoms with Gasteiger partial charge in [0.05, 0.1) is 12.7 Å². The molecule has 1 aliphatic rings. The predicted molar refractivity (Wildman–Crippen MR) is 93.2 cm³/mol. The van der Waals surface area contributed by atoms with Gasteiger partial charge in [0.25, 0.3) is 0 Å². The summed E-state index contributed by atoms with van der Waals surface area (Å²) in [7, 11) is 0. The normalized spacial score (nSPS) is 15.3. The molecule has 0 spiro atoms. The summed E-state index contributed by atoms with van der Waals surface area (Å²) >= 11 is 0. The third-order valence-electron chi connectivity index (χ3n) is 4.02. The first-order valence-corrected chi connectivity index (χ1v) is 8.45. The minimum atomic E-state index is 0.196. The molecule has 1 saturated heterocycles. The van der Waals surface area contributed by atoms with Gasteiger partial charge in [-0.15, -0.1) is 0 Å². The monoisotopic (exact) mass is 311 g/mol. The average molecular weight is 311 g/mol. The third kappa shape index (κ3) is 4.34. The fraction of sp³-hybridized carbons (Fsp3) is 0.400. The molecule has 0 amide bonds. The van der Waals surface area contributed by atoms with Crippen LogP contribution < -0.4 is 4.74 Å². The maximum Gasteiger partial charge on any atom is 0.119 e. The van der Waals surface area contributed by atoms with Gasteiger partial charge in [0.15, 0.2) is 0 Å². The van der Waals surface area contributed by atoms with Crippen molar-refractivity contribution in [3.63, 3.8) is 0 Å². The lowest BCUT2D eigenvalue weighted by Gasteiger charge is -2.17. The minimum Gasteiger partial charge on any atom is -0.491 e. The highest BCUT2D eigenvalue weighted by atomic mass is 16.7. The summed E-state index contributed by atoms with van der Waals surface area (Å²) < 4.78 is 5.72. The Balaban J connectivity index is 1.73. The first-order chi connectivity index (χ1) is 11.2. The van der Waals surface area contributed by atoms with Gasteiger partial charge < -0.3 is 4.74 Å². The Morgan fingerprint density at radius 1 is 0.957 bits per heavy atom. The van der Waals surface area contributed by atoms with E-state index in [0.29, 0.717) is 6.61 Å². The second kappa shape index (κ2) is 7.62. The van der Waals surface area contributed by atoms with Crippen LogP contribution in [0, 0.1) is 0 Å². The summed E-state index contributed by atoms with van der Waals surface area (Å²) in [5.41, 5.74) is 3.64. The standard InChI is InChI=1S/C20H25NO2/c1-16(2)23-19-11-9-17(10-12-19)20-8-4-3-7-18(20)15-22-21-13-5-6-14-21/h3-4,7-12,16H,5-6,13-15H2,1-2H3. The van der Waals surface area contributed by atoms with Gasteiger partial charge >= 0.3 is 0 Å². The Morgan fingerprint density at radius 2 is 1.65 bits per heavy atom. The number of ether oxygens (including phenoxy) is 1. The van der Waals surface area contributed by atoms with E-state index in [2.05, 4.69) is 41.5 Å². The molecule has 1 heterocycles. The Bertz CT molecular complexity index is 616. The molecule has 2 aromatic rings. The van der Waals surface area contributed by atoms with Crippen LogP contribution in [-0.4, -0.2) is 24.3 Å². The molecule has 0 aromatic heterocycles. The number of rotatable bonds is 6. The molecule has 0 saturated carbocycles. The Kier molecular flexibility index (Phi) is 5.31. The zero-order valence-electron chi connectivity index (χ0n) is 14.0. The van der Waals surface area contributed by atoms with Crippen molar-refractivity contribution in [3.05, 3.63) is 54.1 Å². The van der Waals surface area contributed by atoms with Crippen LogP contribution in [0.5, 0.6) is 5.75 Å². The Hall–Kier alpha value is -1.84. The topological polar surface area (TPSA) is 21.7 Å².